The first-order chi connectivity index (χ1) is 9.62. The third kappa shape index (κ3) is 2.76. The van der Waals surface area contributed by atoms with Crippen LogP contribution in [0.25, 0.3) is 5.69 Å². The van der Waals surface area contributed by atoms with Crippen LogP contribution in [-0.4, -0.2) is 15.6 Å². The first kappa shape index (κ1) is 15.4. The van der Waals surface area contributed by atoms with E-state index in [0.29, 0.717) is 11.4 Å². The standard InChI is InChI=1S/C14H11ClF3NO2/c1-7-5-10(13(20)21)8(2)19(7)9-3-4-12(15)11(6-9)14(16,17)18/h3-6H,1-2H3,(H,20,21). The average Bonchev–Trinajstić information content (AvgIpc) is 2.65. The number of hydrogen-bond donors (Lipinski definition) is 1. The fourth-order valence-electron chi connectivity index (χ4n) is 2.25. The molecule has 1 N–H and O–H groups in total. The van der Waals surface area contributed by atoms with Gasteiger partial charge >= 0.3 is 12.1 Å². The number of alkyl halides is 3. The molecular formula is C14H11ClF3NO2. The Morgan fingerprint density at radius 2 is 1.86 bits per heavy atom. The van der Waals surface area contributed by atoms with Crippen LogP contribution in [0.2, 0.25) is 5.02 Å². The highest BCUT2D eigenvalue weighted by Crippen LogP contribution is 2.36. The lowest BCUT2D eigenvalue weighted by molar-refractivity contribution is -0.137. The summed E-state index contributed by atoms with van der Waals surface area (Å²) in [6.07, 6.45) is -4.57. The summed E-state index contributed by atoms with van der Waals surface area (Å²) in [5, 5.41) is 8.67. The number of hydrogen-bond acceptors (Lipinski definition) is 1. The van der Waals surface area contributed by atoms with Gasteiger partial charge in [0.25, 0.3) is 0 Å². The summed E-state index contributed by atoms with van der Waals surface area (Å²) in [4.78, 5) is 11.1. The van der Waals surface area contributed by atoms with Crippen LogP contribution in [0.4, 0.5) is 13.2 Å². The van der Waals surface area contributed by atoms with E-state index >= 15 is 0 Å². The van der Waals surface area contributed by atoms with Gasteiger partial charge in [-0.15, -0.1) is 0 Å². The van der Waals surface area contributed by atoms with Crippen molar-refractivity contribution < 1.29 is 23.1 Å². The van der Waals surface area contributed by atoms with Crippen LogP contribution < -0.4 is 0 Å². The van der Waals surface area contributed by atoms with Crippen molar-refractivity contribution in [2.75, 3.05) is 0 Å². The zero-order chi connectivity index (χ0) is 15.9. The molecule has 112 valence electrons. The van der Waals surface area contributed by atoms with Crippen molar-refractivity contribution in [2.45, 2.75) is 20.0 Å². The van der Waals surface area contributed by atoms with Crippen molar-refractivity contribution in [1.82, 2.24) is 4.57 Å². The molecule has 3 nitrogen and oxygen atoms in total. The molecular weight excluding hydrogens is 307 g/mol. The van der Waals surface area contributed by atoms with Crippen LogP contribution in [0.5, 0.6) is 0 Å². The molecule has 0 amide bonds. The number of nitrogens with zero attached hydrogens (tertiary/aromatic N) is 1. The molecule has 2 rings (SSSR count). The maximum atomic E-state index is 12.9. The quantitative estimate of drug-likeness (QED) is 0.888. The van der Waals surface area contributed by atoms with Gasteiger partial charge in [0.15, 0.2) is 0 Å². The molecule has 0 spiro atoms. The van der Waals surface area contributed by atoms with E-state index in [0.717, 1.165) is 12.1 Å². The minimum atomic E-state index is -4.57. The molecule has 0 fully saturated rings. The number of carboxylic acids is 1. The van der Waals surface area contributed by atoms with Gasteiger partial charge in [-0.05, 0) is 38.1 Å². The maximum absolute atomic E-state index is 12.9. The van der Waals surface area contributed by atoms with Crippen molar-refractivity contribution in [1.29, 1.82) is 0 Å². The van der Waals surface area contributed by atoms with Gasteiger partial charge < -0.3 is 9.67 Å². The fraction of sp³-hybridized carbons (Fsp3) is 0.214. The van der Waals surface area contributed by atoms with E-state index in [-0.39, 0.29) is 11.3 Å². The zero-order valence-corrected chi connectivity index (χ0v) is 11.9. The van der Waals surface area contributed by atoms with E-state index in [4.69, 9.17) is 16.7 Å². The molecule has 1 aromatic carbocycles. The number of benzene rings is 1. The van der Waals surface area contributed by atoms with Gasteiger partial charge in [-0.3, -0.25) is 0 Å². The second-order valence-electron chi connectivity index (χ2n) is 4.59. The van der Waals surface area contributed by atoms with Crippen LogP contribution in [-0.2, 0) is 6.18 Å². The van der Waals surface area contributed by atoms with Crippen LogP contribution in [0.1, 0.15) is 27.3 Å². The Balaban J connectivity index is 2.66. The second kappa shape index (κ2) is 5.11. The monoisotopic (exact) mass is 317 g/mol. The summed E-state index contributed by atoms with van der Waals surface area (Å²) in [6.45, 7) is 3.17. The Morgan fingerprint density at radius 3 is 2.33 bits per heavy atom. The third-order valence-electron chi connectivity index (χ3n) is 3.18. The first-order valence-electron chi connectivity index (χ1n) is 5.92. The van der Waals surface area contributed by atoms with Crippen LogP contribution in [0, 0.1) is 13.8 Å². The Morgan fingerprint density at radius 1 is 1.24 bits per heavy atom. The van der Waals surface area contributed by atoms with Crippen molar-refractivity contribution in [2.24, 2.45) is 0 Å². The first-order valence-corrected chi connectivity index (χ1v) is 6.30. The van der Waals surface area contributed by atoms with E-state index < -0.39 is 22.7 Å². The summed E-state index contributed by atoms with van der Waals surface area (Å²) < 4.78 is 40.1. The molecule has 0 saturated heterocycles. The lowest BCUT2D eigenvalue weighted by Gasteiger charge is -2.14. The molecule has 1 aromatic heterocycles. The second-order valence-corrected chi connectivity index (χ2v) is 4.99. The number of rotatable bonds is 2. The molecule has 0 aliphatic rings. The molecule has 0 radical (unpaired) electrons. The molecule has 0 unspecified atom stereocenters. The van der Waals surface area contributed by atoms with E-state index in [9.17, 15) is 18.0 Å². The summed E-state index contributed by atoms with van der Waals surface area (Å²) in [7, 11) is 0. The van der Waals surface area contributed by atoms with Crippen LogP contribution in [0.3, 0.4) is 0 Å². The highest BCUT2D eigenvalue weighted by molar-refractivity contribution is 6.31. The predicted molar refractivity (Wildman–Crippen MR) is 72.2 cm³/mol. The highest BCUT2D eigenvalue weighted by atomic mass is 35.5. The predicted octanol–water partition coefficient (Wildman–Crippen LogP) is 4.46. The number of carbonyl (C=O) groups is 1. The topological polar surface area (TPSA) is 42.2 Å². The highest BCUT2D eigenvalue weighted by Gasteiger charge is 2.33. The van der Waals surface area contributed by atoms with E-state index in [1.54, 1.807) is 13.8 Å². The Kier molecular flexibility index (Phi) is 3.76. The van der Waals surface area contributed by atoms with Gasteiger partial charge in [0.05, 0.1) is 16.1 Å². The largest absolute Gasteiger partial charge is 0.478 e. The molecule has 21 heavy (non-hydrogen) atoms. The molecule has 1 heterocycles. The lowest BCUT2D eigenvalue weighted by Crippen LogP contribution is -2.08. The van der Waals surface area contributed by atoms with Gasteiger partial charge in [0.2, 0.25) is 0 Å². The molecule has 0 atom stereocenters. The molecule has 0 aliphatic carbocycles. The van der Waals surface area contributed by atoms with Crippen LogP contribution >= 0.6 is 11.6 Å². The SMILES string of the molecule is Cc1cc(C(=O)O)c(C)n1-c1ccc(Cl)c(C(F)(F)F)c1. The maximum Gasteiger partial charge on any atom is 0.417 e. The molecule has 2 aromatic rings. The molecule has 0 bridgehead atoms. The number of aromatic carboxylic acids is 1. The molecule has 7 heteroatoms. The van der Waals surface area contributed by atoms with Crippen molar-refractivity contribution >= 4 is 17.6 Å². The summed E-state index contributed by atoms with van der Waals surface area (Å²) in [5.74, 6) is -1.13. The van der Waals surface area contributed by atoms with E-state index in [1.165, 1.54) is 16.7 Å². The van der Waals surface area contributed by atoms with Crippen molar-refractivity contribution in [3.05, 3.63) is 51.8 Å². The Labute approximate surface area is 123 Å². The average molecular weight is 318 g/mol. The fourth-order valence-corrected chi connectivity index (χ4v) is 2.47. The van der Waals surface area contributed by atoms with Crippen molar-refractivity contribution in [3.8, 4) is 5.69 Å². The summed E-state index contributed by atoms with van der Waals surface area (Å²) >= 11 is 5.58. The van der Waals surface area contributed by atoms with Gasteiger partial charge in [-0.1, -0.05) is 11.6 Å². The lowest BCUT2D eigenvalue weighted by atomic mass is 10.2. The van der Waals surface area contributed by atoms with Gasteiger partial charge in [-0.25, -0.2) is 4.79 Å². The number of carboxylic acid groups (broad SMARTS) is 1. The summed E-state index contributed by atoms with van der Waals surface area (Å²) in [5.41, 5.74) is 0.201. The normalized spacial score (nSPS) is 11.7. The number of aryl methyl sites for hydroxylation is 1. The minimum absolute atomic E-state index is 0.0519. The van der Waals surface area contributed by atoms with Crippen molar-refractivity contribution in [3.63, 3.8) is 0 Å². The Hall–Kier alpha value is -1.95. The minimum Gasteiger partial charge on any atom is -0.478 e. The zero-order valence-electron chi connectivity index (χ0n) is 11.1. The molecule has 0 saturated carbocycles. The Bertz CT molecular complexity index is 720. The molecule has 0 aliphatic heterocycles. The van der Waals surface area contributed by atoms with Crippen LogP contribution in [0.15, 0.2) is 24.3 Å². The number of aromatic nitrogens is 1. The van der Waals surface area contributed by atoms with Gasteiger partial charge in [0.1, 0.15) is 0 Å². The van der Waals surface area contributed by atoms with Gasteiger partial charge in [-0.2, -0.15) is 13.2 Å². The van der Waals surface area contributed by atoms with E-state index in [2.05, 4.69) is 0 Å². The summed E-state index contributed by atoms with van der Waals surface area (Å²) in [6, 6.07) is 4.90. The van der Waals surface area contributed by atoms with Gasteiger partial charge in [0, 0.05) is 17.1 Å². The third-order valence-corrected chi connectivity index (χ3v) is 3.50. The smallest absolute Gasteiger partial charge is 0.417 e. The van der Waals surface area contributed by atoms with E-state index in [1.807, 2.05) is 0 Å². The number of halogens is 4.